The van der Waals surface area contributed by atoms with Crippen molar-refractivity contribution in [2.24, 2.45) is 4.99 Å². The second-order valence-electron chi connectivity index (χ2n) is 8.15. The molecule has 2 fully saturated rings. The highest BCUT2D eigenvalue weighted by molar-refractivity contribution is 5.79. The molecule has 2 N–H and O–H groups in total. The fourth-order valence-corrected chi connectivity index (χ4v) is 4.06. The lowest BCUT2D eigenvalue weighted by atomic mass is 10.1. The van der Waals surface area contributed by atoms with E-state index in [0.29, 0.717) is 13.0 Å². The zero-order valence-electron chi connectivity index (χ0n) is 17.8. The van der Waals surface area contributed by atoms with Gasteiger partial charge < -0.3 is 15.4 Å². The summed E-state index contributed by atoms with van der Waals surface area (Å²) in [6.45, 7) is 4.94. The molecule has 6 nitrogen and oxygen atoms in total. The predicted octanol–water partition coefficient (Wildman–Crippen LogP) is 3.21. The summed E-state index contributed by atoms with van der Waals surface area (Å²) >= 11 is 0. The molecule has 0 spiro atoms. The number of benzene rings is 1. The van der Waals surface area contributed by atoms with E-state index in [9.17, 15) is 4.79 Å². The molecule has 1 aliphatic carbocycles. The van der Waals surface area contributed by atoms with Gasteiger partial charge in [-0.25, -0.2) is 0 Å². The van der Waals surface area contributed by atoms with E-state index in [1.165, 1.54) is 49.9 Å². The molecule has 1 aromatic carbocycles. The average molecular weight is 401 g/mol. The number of hydrogen-bond donors (Lipinski definition) is 2. The maximum absolute atomic E-state index is 11.9. The number of aliphatic imine (C=N–C) groups is 1. The minimum absolute atomic E-state index is 0.0735. The summed E-state index contributed by atoms with van der Waals surface area (Å²) in [6.07, 6.45) is 8.44. The van der Waals surface area contributed by atoms with E-state index in [1.54, 1.807) is 7.05 Å². The van der Waals surface area contributed by atoms with Gasteiger partial charge in [-0.15, -0.1) is 0 Å². The van der Waals surface area contributed by atoms with Crippen molar-refractivity contribution in [3.8, 4) is 0 Å². The summed E-state index contributed by atoms with van der Waals surface area (Å²) in [5.74, 6) is 0.686. The van der Waals surface area contributed by atoms with Crippen LogP contribution in [0.15, 0.2) is 29.3 Å². The molecule has 1 saturated carbocycles. The largest absolute Gasteiger partial charge is 0.462 e. The number of rotatable bonds is 9. The van der Waals surface area contributed by atoms with Gasteiger partial charge >= 0.3 is 5.97 Å². The number of nitrogens with zero attached hydrogens (tertiary/aromatic N) is 2. The third-order valence-corrected chi connectivity index (χ3v) is 5.76. The average Bonchev–Trinajstić information content (AvgIpc) is 3.43. The van der Waals surface area contributed by atoms with E-state index in [-0.39, 0.29) is 12.1 Å². The molecule has 1 saturated heterocycles. The molecule has 1 aromatic rings. The molecule has 3 rings (SSSR count). The van der Waals surface area contributed by atoms with Crippen LogP contribution in [-0.2, 0) is 22.6 Å². The lowest BCUT2D eigenvalue weighted by molar-refractivity contribution is -0.148. The van der Waals surface area contributed by atoms with E-state index >= 15 is 0 Å². The number of hydrogen-bond acceptors (Lipinski definition) is 4. The molecule has 6 heteroatoms. The minimum atomic E-state index is -0.0735. The van der Waals surface area contributed by atoms with Crippen LogP contribution in [0.2, 0.25) is 0 Å². The van der Waals surface area contributed by atoms with Crippen LogP contribution in [0, 0.1) is 0 Å². The molecule has 0 atom stereocenters. The fourth-order valence-electron chi connectivity index (χ4n) is 4.06. The van der Waals surface area contributed by atoms with Gasteiger partial charge in [0.05, 0.1) is 0 Å². The summed E-state index contributed by atoms with van der Waals surface area (Å²) in [5.41, 5.74) is 2.61. The molecule has 160 valence electrons. The van der Waals surface area contributed by atoms with E-state index in [1.807, 2.05) is 0 Å². The van der Waals surface area contributed by atoms with Gasteiger partial charge in [-0.2, -0.15) is 0 Å². The zero-order chi connectivity index (χ0) is 20.3. The Hall–Kier alpha value is -2.08. The van der Waals surface area contributed by atoms with Crippen molar-refractivity contribution < 1.29 is 9.53 Å². The molecular formula is C23H36N4O2. The van der Waals surface area contributed by atoms with Gasteiger partial charge in [0.15, 0.2) is 5.96 Å². The van der Waals surface area contributed by atoms with Crippen LogP contribution in [0.25, 0.3) is 0 Å². The monoisotopic (exact) mass is 400 g/mol. The molecule has 1 aliphatic heterocycles. The van der Waals surface area contributed by atoms with Crippen LogP contribution in [0.3, 0.4) is 0 Å². The van der Waals surface area contributed by atoms with Crippen molar-refractivity contribution in [3.05, 3.63) is 35.4 Å². The Labute approximate surface area is 175 Å². The van der Waals surface area contributed by atoms with E-state index < -0.39 is 0 Å². The quantitative estimate of drug-likeness (QED) is 0.288. The fraction of sp³-hybridized carbons (Fsp3) is 0.652. The van der Waals surface area contributed by atoms with E-state index in [4.69, 9.17) is 4.74 Å². The first-order valence-electron chi connectivity index (χ1n) is 11.2. The van der Waals surface area contributed by atoms with Gasteiger partial charge in [0.2, 0.25) is 0 Å². The van der Waals surface area contributed by atoms with Gasteiger partial charge in [0.1, 0.15) is 6.10 Å². The first-order valence-corrected chi connectivity index (χ1v) is 11.2. The Bertz CT molecular complexity index is 647. The Morgan fingerprint density at radius 2 is 1.76 bits per heavy atom. The van der Waals surface area contributed by atoms with Gasteiger partial charge in [-0.05, 0) is 69.2 Å². The highest BCUT2D eigenvalue weighted by Gasteiger charge is 2.18. The molecule has 0 bridgehead atoms. The highest BCUT2D eigenvalue weighted by atomic mass is 16.5. The minimum Gasteiger partial charge on any atom is -0.462 e. The van der Waals surface area contributed by atoms with Crippen LogP contribution in [0.1, 0.15) is 62.5 Å². The number of likely N-dealkylation sites (tertiary alicyclic amines) is 1. The van der Waals surface area contributed by atoms with Gasteiger partial charge in [-0.1, -0.05) is 24.3 Å². The van der Waals surface area contributed by atoms with Crippen molar-refractivity contribution in [2.45, 2.75) is 70.6 Å². The molecule has 0 aromatic heterocycles. The van der Waals surface area contributed by atoms with Crippen molar-refractivity contribution in [2.75, 3.05) is 26.7 Å². The van der Waals surface area contributed by atoms with Crippen molar-refractivity contribution in [1.29, 1.82) is 0 Å². The molecular weight excluding hydrogens is 364 g/mol. The molecule has 1 heterocycles. The summed E-state index contributed by atoms with van der Waals surface area (Å²) < 4.78 is 5.49. The Kier molecular flexibility index (Phi) is 8.81. The van der Waals surface area contributed by atoms with Crippen LogP contribution >= 0.6 is 0 Å². The SMILES string of the molecule is CN=C(NCCCC(=O)OC1CCCC1)NCc1ccc(CN2CCCC2)cc1. The predicted molar refractivity (Wildman–Crippen MR) is 117 cm³/mol. The number of carbonyl (C=O) groups excluding carboxylic acids is 1. The summed E-state index contributed by atoms with van der Waals surface area (Å²) in [7, 11) is 1.77. The summed E-state index contributed by atoms with van der Waals surface area (Å²) in [5, 5.41) is 6.61. The standard InChI is InChI=1S/C23H36N4O2/c1-24-23(25-14-6-9-22(28)29-21-7-2-3-8-21)26-17-19-10-12-20(13-11-19)18-27-15-4-5-16-27/h10-13,21H,2-9,14-18H2,1H3,(H2,24,25,26). The van der Waals surface area contributed by atoms with Crippen molar-refractivity contribution >= 4 is 11.9 Å². The Morgan fingerprint density at radius 3 is 2.45 bits per heavy atom. The first kappa shape index (κ1) is 21.6. The van der Waals surface area contributed by atoms with Gasteiger partial charge in [0.25, 0.3) is 0 Å². The van der Waals surface area contributed by atoms with Crippen LogP contribution in [0.4, 0.5) is 0 Å². The lowest BCUT2D eigenvalue weighted by Gasteiger charge is -2.15. The molecule has 29 heavy (non-hydrogen) atoms. The zero-order valence-corrected chi connectivity index (χ0v) is 17.8. The normalized spacial score (nSPS) is 18.2. The van der Waals surface area contributed by atoms with Crippen molar-refractivity contribution in [1.82, 2.24) is 15.5 Å². The summed E-state index contributed by atoms with van der Waals surface area (Å²) in [6, 6.07) is 8.82. The van der Waals surface area contributed by atoms with Crippen molar-refractivity contribution in [3.63, 3.8) is 0 Å². The molecule has 0 amide bonds. The molecule has 0 unspecified atom stereocenters. The topological polar surface area (TPSA) is 66.0 Å². The number of nitrogens with one attached hydrogen (secondary N) is 2. The smallest absolute Gasteiger partial charge is 0.306 e. The van der Waals surface area contributed by atoms with Gasteiger partial charge in [0, 0.05) is 33.1 Å². The number of carbonyl (C=O) groups is 1. The third-order valence-electron chi connectivity index (χ3n) is 5.76. The van der Waals surface area contributed by atoms with Crippen LogP contribution < -0.4 is 10.6 Å². The third kappa shape index (κ3) is 7.69. The van der Waals surface area contributed by atoms with E-state index in [0.717, 1.165) is 38.3 Å². The van der Waals surface area contributed by atoms with E-state index in [2.05, 4.69) is 44.8 Å². The Morgan fingerprint density at radius 1 is 1.07 bits per heavy atom. The maximum Gasteiger partial charge on any atom is 0.306 e. The molecule has 2 aliphatic rings. The van der Waals surface area contributed by atoms with Gasteiger partial charge in [-0.3, -0.25) is 14.7 Å². The summed E-state index contributed by atoms with van der Waals surface area (Å²) in [4.78, 5) is 18.6. The highest BCUT2D eigenvalue weighted by Crippen LogP contribution is 2.21. The second-order valence-corrected chi connectivity index (χ2v) is 8.15. The maximum atomic E-state index is 11.9. The van der Waals surface area contributed by atoms with Crippen LogP contribution in [-0.4, -0.2) is 49.6 Å². The first-order chi connectivity index (χ1) is 14.2. The number of ether oxygens (including phenoxy) is 1. The Balaban J connectivity index is 1.29. The lowest BCUT2D eigenvalue weighted by Crippen LogP contribution is -2.37. The number of esters is 1. The second kappa shape index (κ2) is 11.8. The molecule has 0 radical (unpaired) electrons. The number of guanidine groups is 1. The van der Waals surface area contributed by atoms with Crippen LogP contribution in [0.5, 0.6) is 0 Å².